The third kappa shape index (κ3) is 3.09. The highest BCUT2D eigenvalue weighted by molar-refractivity contribution is 7.92. The Morgan fingerprint density at radius 2 is 1.94 bits per heavy atom. The van der Waals surface area contributed by atoms with Crippen LogP contribution in [0.4, 0.5) is 8.78 Å². The molecule has 0 N–H and O–H groups in total. The van der Waals surface area contributed by atoms with Crippen LogP contribution in [0.25, 0.3) is 0 Å². The molecule has 0 aliphatic heterocycles. The number of hydrogen-bond donors (Lipinski definition) is 0. The SMILES string of the molecule is CC(=O)CC(C)S(=O)(=O)c1ccc(F)cc1F. The molecular weight excluding hydrogens is 250 g/mol. The normalized spacial score (nSPS) is 13.4. The second kappa shape index (κ2) is 4.91. The Balaban J connectivity index is 3.17. The molecule has 0 aromatic heterocycles. The molecule has 0 aliphatic carbocycles. The van der Waals surface area contributed by atoms with Crippen LogP contribution in [0.1, 0.15) is 20.3 Å². The highest BCUT2D eigenvalue weighted by Gasteiger charge is 2.27. The van der Waals surface area contributed by atoms with Crippen molar-refractivity contribution < 1.29 is 22.0 Å². The second-order valence-corrected chi connectivity index (χ2v) is 6.17. The van der Waals surface area contributed by atoms with Gasteiger partial charge in [-0.15, -0.1) is 0 Å². The quantitative estimate of drug-likeness (QED) is 0.781. The van der Waals surface area contributed by atoms with Crippen LogP contribution in [0.2, 0.25) is 0 Å². The minimum Gasteiger partial charge on any atom is -0.300 e. The molecule has 1 atom stereocenters. The van der Waals surface area contributed by atoms with Gasteiger partial charge < -0.3 is 0 Å². The molecule has 0 amide bonds. The molecule has 17 heavy (non-hydrogen) atoms. The Morgan fingerprint density at radius 3 is 2.41 bits per heavy atom. The lowest BCUT2D eigenvalue weighted by Crippen LogP contribution is -2.21. The van der Waals surface area contributed by atoms with Crippen molar-refractivity contribution in [3.05, 3.63) is 29.8 Å². The lowest BCUT2D eigenvalue weighted by Gasteiger charge is -2.11. The van der Waals surface area contributed by atoms with Gasteiger partial charge in [0.05, 0.1) is 5.25 Å². The number of carbonyl (C=O) groups excluding carboxylic acids is 1. The van der Waals surface area contributed by atoms with E-state index in [1.54, 1.807) is 0 Å². The second-order valence-electron chi connectivity index (χ2n) is 3.84. The zero-order valence-electron chi connectivity index (χ0n) is 9.41. The molecule has 1 rings (SSSR count). The topological polar surface area (TPSA) is 51.2 Å². The third-order valence-corrected chi connectivity index (χ3v) is 4.48. The average molecular weight is 262 g/mol. The molecule has 0 spiro atoms. The minimum atomic E-state index is -3.94. The smallest absolute Gasteiger partial charge is 0.184 e. The minimum absolute atomic E-state index is 0.195. The van der Waals surface area contributed by atoms with Crippen LogP contribution >= 0.6 is 0 Å². The van der Waals surface area contributed by atoms with Crippen LogP contribution in [0, 0.1) is 11.6 Å². The van der Waals surface area contributed by atoms with Crippen molar-refractivity contribution in [2.75, 3.05) is 0 Å². The Hall–Kier alpha value is -1.30. The van der Waals surface area contributed by atoms with Crippen molar-refractivity contribution in [1.29, 1.82) is 0 Å². The lowest BCUT2D eigenvalue weighted by molar-refractivity contribution is -0.116. The molecule has 3 nitrogen and oxygen atoms in total. The number of ketones is 1. The van der Waals surface area contributed by atoms with Gasteiger partial charge in [0.1, 0.15) is 22.3 Å². The summed E-state index contributed by atoms with van der Waals surface area (Å²) in [6.07, 6.45) is -0.195. The zero-order chi connectivity index (χ0) is 13.2. The third-order valence-electron chi connectivity index (χ3n) is 2.31. The number of carbonyl (C=O) groups is 1. The average Bonchev–Trinajstić information content (AvgIpc) is 2.15. The summed E-state index contributed by atoms with van der Waals surface area (Å²) in [6.45, 7) is 2.58. The molecule has 6 heteroatoms. The van der Waals surface area contributed by atoms with E-state index in [9.17, 15) is 22.0 Å². The molecule has 1 unspecified atom stereocenters. The number of benzene rings is 1. The molecule has 0 saturated heterocycles. The van der Waals surface area contributed by atoms with Crippen molar-refractivity contribution in [2.45, 2.75) is 30.4 Å². The molecule has 94 valence electrons. The van der Waals surface area contributed by atoms with E-state index in [2.05, 4.69) is 0 Å². The highest BCUT2D eigenvalue weighted by atomic mass is 32.2. The van der Waals surface area contributed by atoms with Crippen molar-refractivity contribution in [3.63, 3.8) is 0 Å². The van der Waals surface area contributed by atoms with Crippen LogP contribution < -0.4 is 0 Å². The van der Waals surface area contributed by atoms with Crippen LogP contribution in [0.5, 0.6) is 0 Å². The van der Waals surface area contributed by atoms with Gasteiger partial charge in [-0.05, 0) is 26.0 Å². The standard InChI is InChI=1S/C11H12F2O3S/c1-7(14)5-8(2)17(15,16)11-4-3-9(12)6-10(11)13/h3-4,6,8H,5H2,1-2H3. The van der Waals surface area contributed by atoms with Gasteiger partial charge in [-0.2, -0.15) is 0 Å². The van der Waals surface area contributed by atoms with Gasteiger partial charge in [0.2, 0.25) is 0 Å². The summed E-state index contributed by atoms with van der Waals surface area (Å²) in [5.41, 5.74) is 0. The fourth-order valence-electron chi connectivity index (χ4n) is 1.44. The van der Waals surface area contributed by atoms with E-state index in [0.29, 0.717) is 6.07 Å². The summed E-state index contributed by atoms with van der Waals surface area (Å²) >= 11 is 0. The Kier molecular flexibility index (Phi) is 3.98. The Bertz CT molecular complexity index is 538. The van der Waals surface area contributed by atoms with Crippen LogP contribution in [-0.4, -0.2) is 19.5 Å². The molecule has 0 radical (unpaired) electrons. The van der Waals surface area contributed by atoms with Gasteiger partial charge in [-0.3, -0.25) is 4.79 Å². The molecule has 1 aromatic rings. The van der Waals surface area contributed by atoms with E-state index in [1.165, 1.54) is 13.8 Å². The maximum absolute atomic E-state index is 13.3. The maximum atomic E-state index is 13.3. The van der Waals surface area contributed by atoms with E-state index in [1.807, 2.05) is 0 Å². The number of halogens is 2. The van der Waals surface area contributed by atoms with E-state index in [0.717, 1.165) is 12.1 Å². The van der Waals surface area contributed by atoms with E-state index < -0.39 is 31.6 Å². The van der Waals surface area contributed by atoms with Crippen molar-refractivity contribution in [1.82, 2.24) is 0 Å². The fourth-order valence-corrected chi connectivity index (χ4v) is 2.91. The first kappa shape index (κ1) is 13.8. The van der Waals surface area contributed by atoms with Gasteiger partial charge >= 0.3 is 0 Å². The first-order valence-electron chi connectivity index (χ1n) is 4.93. The van der Waals surface area contributed by atoms with E-state index >= 15 is 0 Å². The van der Waals surface area contributed by atoms with Gasteiger partial charge in [-0.25, -0.2) is 17.2 Å². The molecule has 0 bridgehead atoms. The summed E-state index contributed by atoms with van der Waals surface area (Å²) in [5.74, 6) is -2.29. The summed E-state index contributed by atoms with van der Waals surface area (Å²) < 4.78 is 49.8. The van der Waals surface area contributed by atoms with Crippen molar-refractivity contribution >= 4 is 15.6 Å². The van der Waals surface area contributed by atoms with Crippen LogP contribution in [0.15, 0.2) is 23.1 Å². The van der Waals surface area contributed by atoms with Gasteiger partial charge in [-0.1, -0.05) is 0 Å². The number of Topliss-reactive ketones (excluding diaryl/α,β-unsaturated/α-hetero) is 1. The summed E-state index contributed by atoms with van der Waals surface area (Å²) in [4.78, 5) is 10.3. The summed E-state index contributed by atoms with van der Waals surface area (Å²) in [7, 11) is -3.94. The molecule has 1 aromatic carbocycles. The predicted octanol–water partition coefficient (Wildman–Crippen LogP) is 2.11. The van der Waals surface area contributed by atoms with Crippen LogP contribution in [0.3, 0.4) is 0 Å². The molecule has 0 heterocycles. The van der Waals surface area contributed by atoms with Gasteiger partial charge in [0.25, 0.3) is 0 Å². The lowest BCUT2D eigenvalue weighted by atomic mass is 10.2. The number of hydrogen-bond acceptors (Lipinski definition) is 3. The zero-order valence-corrected chi connectivity index (χ0v) is 10.2. The molecule has 0 fully saturated rings. The van der Waals surface area contributed by atoms with Crippen LogP contribution in [-0.2, 0) is 14.6 Å². The predicted molar refractivity (Wildman–Crippen MR) is 58.3 cm³/mol. The van der Waals surface area contributed by atoms with E-state index in [4.69, 9.17) is 0 Å². The first-order chi connectivity index (χ1) is 7.75. The number of rotatable bonds is 4. The van der Waals surface area contributed by atoms with Crippen molar-refractivity contribution in [3.8, 4) is 0 Å². The number of sulfone groups is 1. The summed E-state index contributed by atoms with van der Waals surface area (Å²) in [6, 6.07) is 2.25. The maximum Gasteiger partial charge on any atom is 0.184 e. The largest absolute Gasteiger partial charge is 0.300 e. The van der Waals surface area contributed by atoms with Crippen molar-refractivity contribution in [2.24, 2.45) is 0 Å². The Morgan fingerprint density at radius 1 is 1.35 bits per heavy atom. The van der Waals surface area contributed by atoms with E-state index in [-0.39, 0.29) is 12.2 Å². The molecular formula is C11H12F2O3S. The van der Waals surface area contributed by atoms with Gasteiger partial charge in [0.15, 0.2) is 9.84 Å². The molecule has 0 aliphatic rings. The first-order valence-corrected chi connectivity index (χ1v) is 6.48. The highest BCUT2D eigenvalue weighted by Crippen LogP contribution is 2.22. The molecule has 0 saturated carbocycles. The monoisotopic (exact) mass is 262 g/mol. The van der Waals surface area contributed by atoms with Gasteiger partial charge in [0, 0.05) is 12.5 Å². The Labute approximate surface area is 98.4 Å². The fraction of sp³-hybridized carbons (Fsp3) is 0.364. The summed E-state index contributed by atoms with van der Waals surface area (Å²) in [5, 5.41) is -1.03.